The van der Waals surface area contributed by atoms with Crippen molar-refractivity contribution in [2.45, 2.75) is 64.3 Å². The van der Waals surface area contributed by atoms with Crippen LogP contribution in [0.1, 0.15) is 58.3 Å². The second-order valence-electron chi connectivity index (χ2n) is 7.30. The van der Waals surface area contributed by atoms with Crippen LogP contribution in [-0.4, -0.2) is 36.5 Å². The number of nitrogens with zero attached hydrogens (tertiary/aromatic N) is 1. The van der Waals surface area contributed by atoms with E-state index in [1.165, 1.54) is 51.4 Å². The van der Waals surface area contributed by atoms with Crippen molar-refractivity contribution in [3.8, 4) is 0 Å². The van der Waals surface area contributed by atoms with Crippen LogP contribution in [-0.2, 0) is 4.79 Å². The van der Waals surface area contributed by atoms with Crippen LogP contribution in [0.15, 0.2) is 0 Å². The third-order valence-corrected chi connectivity index (χ3v) is 5.86. The Balaban J connectivity index is 1.43. The lowest BCUT2D eigenvalue weighted by molar-refractivity contribution is -0.133. The van der Waals surface area contributed by atoms with Crippen LogP contribution in [0.5, 0.6) is 0 Å². The lowest BCUT2D eigenvalue weighted by atomic mass is 9.89. The standard InChI is InChI=1S/C17H30N2O/c1-13(17(20)19-8-4-2-3-5-9-19)18-12-16-11-14-6-7-15(16)10-14/h13-16,18H,2-12H2,1H3. The quantitative estimate of drug-likeness (QED) is 0.857. The first-order valence-corrected chi connectivity index (χ1v) is 8.76. The van der Waals surface area contributed by atoms with Crippen molar-refractivity contribution in [2.24, 2.45) is 17.8 Å². The molecule has 114 valence electrons. The van der Waals surface area contributed by atoms with Gasteiger partial charge >= 0.3 is 0 Å². The normalized spacial score (nSPS) is 35.0. The summed E-state index contributed by atoms with van der Waals surface area (Å²) in [6, 6.07) is 0.00669. The molecule has 4 atom stereocenters. The maximum absolute atomic E-state index is 12.5. The molecular weight excluding hydrogens is 248 g/mol. The monoisotopic (exact) mass is 278 g/mol. The molecule has 0 aromatic heterocycles. The Hall–Kier alpha value is -0.570. The van der Waals surface area contributed by atoms with Gasteiger partial charge in [-0.25, -0.2) is 0 Å². The van der Waals surface area contributed by atoms with Crippen molar-refractivity contribution in [3.63, 3.8) is 0 Å². The van der Waals surface area contributed by atoms with E-state index in [1.807, 2.05) is 0 Å². The Kier molecular flexibility index (Phi) is 4.65. The van der Waals surface area contributed by atoms with Crippen LogP contribution >= 0.6 is 0 Å². The number of amides is 1. The molecule has 3 heteroatoms. The fourth-order valence-corrected chi connectivity index (χ4v) is 4.61. The number of nitrogens with one attached hydrogen (secondary N) is 1. The summed E-state index contributed by atoms with van der Waals surface area (Å²) in [5.74, 6) is 3.12. The van der Waals surface area contributed by atoms with E-state index in [2.05, 4.69) is 17.1 Å². The molecular formula is C17H30N2O. The third-order valence-electron chi connectivity index (χ3n) is 5.86. The molecule has 2 aliphatic carbocycles. The van der Waals surface area contributed by atoms with Gasteiger partial charge in [0.05, 0.1) is 6.04 Å². The second kappa shape index (κ2) is 6.46. The summed E-state index contributed by atoms with van der Waals surface area (Å²) >= 11 is 0. The van der Waals surface area contributed by atoms with E-state index >= 15 is 0 Å². The number of carbonyl (C=O) groups excluding carboxylic acids is 1. The van der Waals surface area contributed by atoms with Gasteiger partial charge in [0.15, 0.2) is 0 Å². The maximum atomic E-state index is 12.5. The predicted molar refractivity (Wildman–Crippen MR) is 81.5 cm³/mol. The van der Waals surface area contributed by atoms with E-state index in [0.717, 1.165) is 37.4 Å². The molecule has 3 aliphatic rings. The average Bonchev–Trinajstić information content (AvgIpc) is 2.97. The summed E-state index contributed by atoms with van der Waals surface area (Å²) in [6.45, 7) is 5.06. The van der Waals surface area contributed by atoms with E-state index in [-0.39, 0.29) is 6.04 Å². The van der Waals surface area contributed by atoms with Crippen molar-refractivity contribution >= 4 is 5.91 Å². The highest BCUT2D eigenvalue weighted by atomic mass is 16.2. The van der Waals surface area contributed by atoms with Gasteiger partial charge in [-0.15, -0.1) is 0 Å². The molecule has 3 nitrogen and oxygen atoms in total. The molecule has 4 unspecified atom stereocenters. The van der Waals surface area contributed by atoms with Gasteiger partial charge in [0.1, 0.15) is 0 Å². The fourth-order valence-electron chi connectivity index (χ4n) is 4.61. The number of rotatable bonds is 4. The Morgan fingerprint density at radius 3 is 2.50 bits per heavy atom. The van der Waals surface area contributed by atoms with E-state index in [9.17, 15) is 4.79 Å². The van der Waals surface area contributed by atoms with Gasteiger partial charge in [0, 0.05) is 13.1 Å². The molecule has 0 aromatic carbocycles. The minimum Gasteiger partial charge on any atom is -0.341 e. The van der Waals surface area contributed by atoms with E-state index in [0.29, 0.717) is 5.91 Å². The van der Waals surface area contributed by atoms with Gasteiger partial charge in [0.2, 0.25) is 5.91 Å². The molecule has 1 heterocycles. The lowest BCUT2D eigenvalue weighted by Crippen LogP contribution is -2.46. The first-order valence-electron chi connectivity index (χ1n) is 8.76. The summed E-state index contributed by atoms with van der Waals surface area (Å²) in [5, 5.41) is 3.54. The molecule has 0 spiro atoms. The molecule has 1 saturated heterocycles. The molecule has 3 fully saturated rings. The van der Waals surface area contributed by atoms with Crippen LogP contribution in [0.25, 0.3) is 0 Å². The Bertz CT molecular complexity index is 336. The van der Waals surface area contributed by atoms with Gasteiger partial charge in [0.25, 0.3) is 0 Å². The maximum Gasteiger partial charge on any atom is 0.239 e. The zero-order valence-corrected chi connectivity index (χ0v) is 12.9. The van der Waals surface area contributed by atoms with Gasteiger partial charge in [-0.1, -0.05) is 19.3 Å². The van der Waals surface area contributed by atoms with Crippen LogP contribution in [0.3, 0.4) is 0 Å². The van der Waals surface area contributed by atoms with E-state index < -0.39 is 0 Å². The van der Waals surface area contributed by atoms with Crippen molar-refractivity contribution in [1.29, 1.82) is 0 Å². The van der Waals surface area contributed by atoms with E-state index in [1.54, 1.807) is 0 Å². The van der Waals surface area contributed by atoms with E-state index in [4.69, 9.17) is 0 Å². The first-order chi connectivity index (χ1) is 9.74. The molecule has 20 heavy (non-hydrogen) atoms. The fraction of sp³-hybridized carbons (Fsp3) is 0.941. The number of likely N-dealkylation sites (tertiary alicyclic amines) is 1. The zero-order chi connectivity index (χ0) is 13.9. The Morgan fingerprint density at radius 1 is 1.15 bits per heavy atom. The summed E-state index contributed by atoms with van der Waals surface area (Å²) in [5.41, 5.74) is 0. The Morgan fingerprint density at radius 2 is 1.90 bits per heavy atom. The molecule has 1 amide bonds. The molecule has 0 radical (unpaired) electrons. The summed E-state index contributed by atoms with van der Waals surface area (Å²) in [7, 11) is 0. The zero-order valence-electron chi connectivity index (χ0n) is 12.9. The number of carbonyl (C=O) groups is 1. The minimum absolute atomic E-state index is 0.00669. The molecule has 2 bridgehead atoms. The largest absolute Gasteiger partial charge is 0.341 e. The van der Waals surface area contributed by atoms with Crippen molar-refractivity contribution < 1.29 is 4.79 Å². The molecule has 3 rings (SSSR count). The molecule has 1 N–H and O–H groups in total. The topological polar surface area (TPSA) is 32.3 Å². The van der Waals surface area contributed by atoms with Gasteiger partial charge in [-0.2, -0.15) is 0 Å². The predicted octanol–water partition coefficient (Wildman–Crippen LogP) is 2.80. The van der Waals surface area contributed by atoms with Crippen molar-refractivity contribution in [2.75, 3.05) is 19.6 Å². The summed E-state index contributed by atoms with van der Waals surface area (Å²) in [6.07, 6.45) is 10.7. The van der Waals surface area contributed by atoms with Gasteiger partial charge < -0.3 is 10.2 Å². The smallest absolute Gasteiger partial charge is 0.239 e. The summed E-state index contributed by atoms with van der Waals surface area (Å²) < 4.78 is 0. The van der Waals surface area contributed by atoms with Crippen LogP contribution in [0.2, 0.25) is 0 Å². The highest BCUT2D eigenvalue weighted by Gasteiger charge is 2.39. The third kappa shape index (κ3) is 3.19. The van der Waals surface area contributed by atoms with Crippen molar-refractivity contribution in [3.05, 3.63) is 0 Å². The highest BCUT2D eigenvalue weighted by molar-refractivity contribution is 5.81. The lowest BCUT2D eigenvalue weighted by Gasteiger charge is -2.27. The molecule has 2 saturated carbocycles. The average molecular weight is 278 g/mol. The van der Waals surface area contributed by atoms with Crippen molar-refractivity contribution in [1.82, 2.24) is 10.2 Å². The Labute approximate surface area is 123 Å². The molecule has 0 aromatic rings. The van der Waals surface area contributed by atoms with Gasteiger partial charge in [-0.05, 0) is 63.3 Å². The SMILES string of the molecule is CC(NCC1CC2CCC1C2)C(=O)N1CCCCCC1. The first kappa shape index (κ1) is 14.4. The molecule has 1 aliphatic heterocycles. The van der Waals surface area contributed by atoms with Crippen LogP contribution in [0.4, 0.5) is 0 Å². The second-order valence-corrected chi connectivity index (χ2v) is 7.30. The van der Waals surface area contributed by atoms with Gasteiger partial charge in [-0.3, -0.25) is 4.79 Å². The summed E-state index contributed by atoms with van der Waals surface area (Å²) in [4.78, 5) is 14.6. The van der Waals surface area contributed by atoms with Crippen LogP contribution in [0, 0.1) is 17.8 Å². The number of fused-ring (bicyclic) bond motifs is 2. The highest BCUT2D eigenvalue weighted by Crippen LogP contribution is 2.47. The number of hydrogen-bond donors (Lipinski definition) is 1. The van der Waals surface area contributed by atoms with Crippen LogP contribution < -0.4 is 5.32 Å². The minimum atomic E-state index is 0.00669. The number of hydrogen-bond acceptors (Lipinski definition) is 2.